The summed E-state index contributed by atoms with van der Waals surface area (Å²) in [7, 11) is 0. The Hall–Kier alpha value is -0.610. The Balaban J connectivity index is 2.59. The molecule has 12 heavy (non-hydrogen) atoms. The second kappa shape index (κ2) is 3.41. The summed E-state index contributed by atoms with van der Waals surface area (Å²) in [6.45, 7) is 1.47. The summed E-state index contributed by atoms with van der Waals surface area (Å²) in [5, 5.41) is 2.72. The quantitative estimate of drug-likeness (QED) is 0.473. The maximum Gasteiger partial charge on any atom is 0.218 e. The minimum absolute atomic E-state index is 0.102. The fourth-order valence-corrected chi connectivity index (χ4v) is 1.71. The van der Waals surface area contributed by atoms with Crippen LogP contribution in [0.3, 0.4) is 0 Å². The van der Waals surface area contributed by atoms with Gasteiger partial charge in [-0.15, -0.1) is 0 Å². The molecule has 1 rings (SSSR count). The number of carbonyl (C=O) groups excluding carboxylic acids is 1. The number of nitrogens with one attached hydrogen (secondary N) is 1. The third-order valence-corrected chi connectivity index (χ3v) is 2.43. The van der Waals surface area contributed by atoms with E-state index in [2.05, 4.69) is 5.32 Å². The minimum atomic E-state index is -0.663. The van der Waals surface area contributed by atoms with Gasteiger partial charge in [0, 0.05) is 13.0 Å². The van der Waals surface area contributed by atoms with Crippen molar-refractivity contribution in [2.24, 2.45) is 11.5 Å². The standard InChI is InChI=1S/C8H17N3O/c1-6(12)11-8(10)5-3-2-4-7(8)9/h7H,2-5,9-10H2,1H3,(H,11,12)/t7-,8-/m1/s1. The molecule has 0 aromatic heterocycles. The van der Waals surface area contributed by atoms with Crippen LogP contribution >= 0.6 is 0 Å². The number of amides is 1. The van der Waals surface area contributed by atoms with Gasteiger partial charge >= 0.3 is 0 Å². The Kier molecular flexibility index (Phi) is 2.69. The summed E-state index contributed by atoms with van der Waals surface area (Å²) >= 11 is 0. The lowest BCUT2D eigenvalue weighted by Crippen LogP contribution is -2.67. The zero-order chi connectivity index (χ0) is 9.19. The van der Waals surface area contributed by atoms with E-state index in [1.807, 2.05) is 0 Å². The molecule has 0 aliphatic heterocycles. The number of hydrogen-bond donors (Lipinski definition) is 3. The van der Waals surface area contributed by atoms with Gasteiger partial charge in [0.05, 0.1) is 0 Å². The van der Waals surface area contributed by atoms with Crippen LogP contribution in [0.2, 0.25) is 0 Å². The second-order valence-electron chi connectivity index (χ2n) is 3.57. The van der Waals surface area contributed by atoms with Gasteiger partial charge in [-0.2, -0.15) is 0 Å². The van der Waals surface area contributed by atoms with Crippen molar-refractivity contribution >= 4 is 5.91 Å². The first kappa shape index (κ1) is 9.48. The Morgan fingerprint density at radius 2 is 2.25 bits per heavy atom. The number of carbonyl (C=O) groups is 1. The molecule has 0 saturated heterocycles. The Labute approximate surface area is 72.7 Å². The third-order valence-electron chi connectivity index (χ3n) is 2.43. The van der Waals surface area contributed by atoms with Gasteiger partial charge in [0.25, 0.3) is 0 Å². The van der Waals surface area contributed by atoms with Crippen molar-refractivity contribution in [3.05, 3.63) is 0 Å². The van der Waals surface area contributed by atoms with Gasteiger partial charge in [-0.05, 0) is 19.3 Å². The van der Waals surface area contributed by atoms with Crippen LogP contribution in [0.1, 0.15) is 32.6 Å². The van der Waals surface area contributed by atoms with Gasteiger partial charge in [0.1, 0.15) is 5.66 Å². The van der Waals surface area contributed by atoms with Crippen molar-refractivity contribution in [3.8, 4) is 0 Å². The molecule has 1 aliphatic rings. The summed E-state index contributed by atoms with van der Waals surface area (Å²) in [5.74, 6) is -0.102. The summed E-state index contributed by atoms with van der Waals surface area (Å²) in [6, 6.07) is -0.102. The third kappa shape index (κ3) is 1.95. The molecule has 0 spiro atoms. The first-order valence-corrected chi connectivity index (χ1v) is 4.38. The molecule has 0 heterocycles. The van der Waals surface area contributed by atoms with Crippen LogP contribution in [-0.4, -0.2) is 17.6 Å². The Morgan fingerprint density at radius 3 is 2.75 bits per heavy atom. The molecule has 1 aliphatic carbocycles. The molecule has 1 fully saturated rings. The van der Waals surface area contributed by atoms with Gasteiger partial charge in [-0.25, -0.2) is 0 Å². The topological polar surface area (TPSA) is 81.1 Å². The number of rotatable bonds is 1. The SMILES string of the molecule is CC(=O)N[C@]1(N)CCCC[C@H]1N. The molecule has 4 heteroatoms. The van der Waals surface area contributed by atoms with Crippen LogP contribution < -0.4 is 16.8 Å². The average molecular weight is 171 g/mol. The first-order chi connectivity index (χ1) is 5.54. The largest absolute Gasteiger partial charge is 0.337 e. The van der Waals surface area contributed by atoms with E-state index < -0.39 is 5.66 Å². The van der Waals surface area contributed by atoms with Crippen LogP contribution in [-0.2, 0) is 4.79 Å². The van der Waals surface area contributed by atoms with Gasteiger partial charge in [0.15, 0.2) is 0 Å². The molecule has 2 atom stereocenters. The van der Waals surface area contributed by atoms with Crippen LogP contribution in [0.25, 0.3) is 0 Å². The van der Waals surface area contributed by atoms with Crippen LogP contribution in [0.5, 0.6) is 0 Å². The molecule has 5 N–H and O–H groups in total. The molecular weight excluding hydrogens is 154 g/mol. The number of nitrogens with two attached hydrogens (primary N) is 2. The van der Waals surface area contributed by atoms with Crippen molar-refractivity contribution in [2.75, 3.05) is 0 Å². The van der Waals surface area contributed by atoms with Crippen LogP contribution in [0.15, 0.2) is 0 Å². The van der Waals surface area contributed by atoms with Gasteiger partial charge in [-0.3, -0.25) is 4.79 Å². The average Bonchev–Trinajstić information content (AvgIpc) is 1.94. The molecule has 1 saturated carbocycles. The van der Waals surface area contributed by atoms with E-state index in [1.54, 1.807) is 0 Å². The van der Waals surface area contributed by atoms with Crippen molar-refractivity contribution < 1.29 is 4.79 Å². The minimum Gasteiger partial charge on any atom is -0.337 e. The van der Waals surface area contributed by atoms with Crippen LogP contribution in [0, 0.1) is 0 Å². The van der Waals surface area contributed by atoms with E-state index in [4.69, 9.17) is 11.5 Å². The Bertz CT molecular complexity index is 183. The van der Waals surface area contributed by atoms with Crippen molar-refractivity contribution in [2.45, 2.75) is 44.3 Å². The maximum atomic E-state index is 10.8. The smallest absolute Gasteiger partial charge is 0.218 e. The van der Waals surface area contributed by atoms with Gasteiger partial charge < -0.3 is 16.8 Å². The molecule has 4 nitrogen and oxygen atoms in total. The van der Waals surface area contributed by atoms with E-state index in [-0.39, 0.29) is 11.9 Å². The lowest BCUT2D eigenvalue weighted by Gasteiger charge is -2.39. The highest BCUT2D eigenvalue weighted by Crippen LogP contribution is 2.22. The highest BCUT2D eigenvalue weighted by Gasteiger charge is 2.35. The Morgan fingerprint density at radius 1 is 1.58 bits per heavy atom. The first-order valence-electron chi connectivity index (χ1n) is 4.38. The van der Waals surface area contributed by atoms with E-state index in [0.29, 0.717) is 0 Å². The molecule has 0 radical (unpaired) electrons. The van der Waals surface area contributed by atoms with Crippen LogP contribution in [0.4, 0.5) is 0 Å². The fourth-order valence-electron chi connectivity index (χ4n) is 1.71. The molecule has 0 bridgehead atoms. The second-order valence-corrected chi connectivity index (χ2v) is 3.57. The monoisotopic (exact) mass is 171 g/mol. The fraction of sp³-hybridized carbons (Fsp3) is 0.875. The highest BCUT2D eigenvalue weighted by atomic mass is 16.1. The summed E-state index contributed by atoms with van der Waals surface area (Å²) < 4.78 is 0. The highest BCUT2D eigenvalue weighted by molar-refractivity contribution is 5.73. The predicted molar refractivity (Wildman–Crippen MR) is 47.2 cm³/mol. The van der Waals surface area contributed by atoms with E-state index in [9.17, 15) is 4.79 Å². The van der Waals surface area contributed by atoms with E-state index >= 15 is 0 Å². The van der Waals surface area contributed by atoms with Gasteiger partial charge in [-0.1, -0.05) is 6.42 Å². The lowest BCUT2D eigenvalue weighted by molar-refractivity contribution is -0.121. The summed E-state index contributed by atoms with van der Waals surface area (Å²) in [6.07, 6.45) is 3.84. The molecule has 1 amide bonds. The zero-order valence-corrected chi connectivity index (χ0v) is 7.47. The van der Waals surface area contributed by atoms with Gasteiger partial charge in [0.2, 0.25) is 5.91 Å². The lowest BCUT2D eigenvalue weighted by atomic mass is 9.85. The zero-order valence-electron chi connectivity index (χ0n) is 7.47. The number of hydrogen-bond acceptors (Lipinski definition) is 3. The molecule has 0 unspecified atom stereocenters. The predicted octanol–water partition coefficient (Wildman–Crippen LogP) is -0.321. The molecule has 0 aromatic carbocycles. The molecular formula is C8H17N3O. The summed E-state index contributed by atoms with van der Waals surface area (Å²) in [4.78, 5) is 10.8. The normalized spacial score (nSPS) is 36.1. The van der Waals surface area contributed by atoms with Crippen molar-refractivity contribution in [1.29, 1.82) is 0 Å². The van der Waals surface area contributed by atoms with E-state index in [0.717, 1.165) is 25.7 Å². The molecule has 70 valence electrons. The van der Waals surface area contributed by atoms with E-state index in [1.165, 1.54) is 6.92 Å². The molecule has 0 aromatic rings. The van der Waals surface area contributed by atoms with Crippen molar-refractivity contribution in [3.63, 3.8) is 0 Å². The van der Waals surface area contributed by atoms with Crippen molar-refractivity contribution in [1.82, 2.24) is 5.32 Å². The summed E-state index contributed by atoms with van der Waals surface area (Å²) in [5.41, 5.74) is 11.1. The maximum absolute atomic E-state index is 10.8.